The zero-order chi connectivity index (χ0) is 17.9. The second-order valence-electron chi connectivity index (χ2n) is 7.01. The number of benzene rings is 1. The van der Waals surface area contributed by atoms with Gasteiger partial charge in [0.15, 0.2) is 0 Å². The lowest BCUT2D eigenvalue weighted by Gasteiger charge is -2.21. The largest absolute Gasteiger partial charge is 0.350 e. The molecule has 5 heteroatoms. The molecule has 0 bridgehead atoms. The molecular weight excluding hydrogens is 300 g/mol. The number of hydrogen-bond acceptors (Lipinski definition) is 4. The highest BCUT2D eigenvalue weighted by atomic mass is 16.1. The van der Waals surface area contributed by atoms with Gasteiger partial charge in [0.1, 0.15) is 5.69 Å². The van der Waals surface area contributed by atoms with E-state index in [2.05, 4.69) is 27.5 Å². The summed E-state index contributed by atoms with van der Waals surface area (Å²) in [5.74, 6) is 0.245. The summed E-state index contributed by atoms with van der Waals surface area (Å²) < 4.78 is 0. The first-order valence-electron chi connectivity index (χ1n) is 8.23. The molecule has 1 aromatic heterocycles. The Morgan fingerprint density at radius 2 is 1.88 bits per heavy atom. The number of para-hydroxylation sites is 1. The first-order valence-corrected chi connectivity index (χ1v) is 8.23. The number of carbonyl (C=O) groups is 1. The van der Waals surface area contributed by atoms with E-state index in [-0.39, 0.29) is 11.4 Å². The van der Waals surface area contributed by atoms with Crippen molar-refractivity contribution in [2.45, 2.75) is 53.5 Å². The fraction of sp³-hybridized carbons (Fsp3) is 0.421. The number of aryl methyl sites for hydroxylation is 3. The number of anilines is 2. The van der Waals surface area contributed by atoms with Crippen LogP contribution in [0.2, 0.25) is 0 Å². The summed E-state index contributed by atoms with van der Waals surface area (Å²) in [5.41, 5.74) is 3.96. The van der Waals surface area contributed by atoms with Crippen molar-refractivity contribution in [3.63, 3.8) is 0 Å². The average molecular weight is 326 g/mol. The maximum absolute atomic E-state index is 12.7. The third kappa shape index (κ3) is 4.54. The van der Waals surface area contributed by atoms with Gasteiger partial charge in [0, 0.05) is 16.9 Å². The molecule has 0 atom stereocenters. The topological polar surface area (TPSA) is 66.9 Å². The van der Waals surface area contributed by atoms with Crippen LogP contribution in [-0.4, -0.2) is 21.4 Å². The van der Waals surface area contributed by atoms with Gasteiger partial charge in [0.2, 0.25) is 5.95 Å². The third-order valence-electron chi connectivity index (χ3n) is 3.55. The van der Waals surface area contributed by atoms with Crippen molar-refractivity contribution in [1.82, 2.24) is 9.97 Å². The van der Waals surface area contributed by atoms with Crippen molar-refractivity contribution in [1.29, 1.82) is 0 Å². The Bertz CT molecular complexity index is 748. The molecule has 0 aliphatic heterocycles. The molecule has 0 aliphatic rings. The number of amides is 1. The summed E-state index contributed by atoms with van der Waals surface area (Å²) in [7, 11) is 0. The smallest absolute Gasteiger partial charge is 0.274 e. The summed E-state index contributed by atoms with van der Waals surface area (Å²) in [6.07, 6.45) is 0.858. The van der Waals surface area contributed by atoms with E-state index in [0.29, 0.717) is 11.6 Å². The number of nitrogens with one attached hydrogen (secondary N) is 2. The molecule has 1 aromatic carbocycles. The van der Waals surface area contributed by atoms with Gasteiger partial charge in [-0.15, -0.1) is 0 Å². The monoisotopic (exact) mass is 326 g/mol. The minimum absolute atomic E-state index is 0.174. The van der Waals surface area contributed by atoms with Gasteiger partial charge in [-0.25, -0.2) is 9.97 Å². The zero-order valence-electron chi connectivity index (χ0n) is 15.3. The van der Waals surface area contributed by atoms with Gasteiger partial charge in [-0.05, 0) is 58.2 Å². The Labute approximate surface area is 143 Å². The second kappa shape index (κ2) is 6.99. The highest BCUT2D eigenvalue weighted by Gasteiger charge is 2.16. The van der Waals surface area contributed by atoms with Crippen LogP contribution in [0.1, 0.15) is 55.0 Å². The van der Waals surface area contributed by atoms with E-state index < -0.39 is 0 Å². The molecule has 2 aromatic rings. The van der Waals surface area contributed by atoms with Crippen LogP contribution < -0.4 is 10.6 Å². The number of nitrogens with zero attached hydrogens (tertiary/aromatic N) is 2. The molecule has 0 fully saturated rings. The average Bonchev–Trinajstić information content (AvgIpc) is 2.46. The van der Waals surface area contributed by atoms with Gasteiger partial charge < -0.3 is 10.6 Å². The Morgan fingerprint density at radius 1 is 1.17 bits per heavy atom. The summed E-state index contributed by atoms with van der Waals surface area (Å²) >= 11 is 0. The molecule has 0 radical (unpaired) electrons. The standard InChI is InChI=1S/C19H26N4O/c1-7-14-10-8-9-12(2)16(14)22-17(24)15-11-13(3)20-18(21-15)23-19(4,5)6/h8-11H,7H2,1-6H3,(H,22,24)(H,20,21,23). The van der Waals surface area contributed by atoms with Gasteiger partial charge in [-0.2, -0.15) is 0 Å². The minimum atomic E-state index is -0.221. The lowest BCUT2D eigenvalue weighted by Crippen LogP contribution is -2.28. The predicted molar refractivity (Wildman–Crippen MR) is 98.7 cm³/mol. The van der Waals surface area contributed by atoms with Crippen LogP contribution in [0.15, 0.2) is 24.3 Å². The zero-order valence-corrected chi connectivity index (χ0v) is 15.3. The fourth-order valence-electron chi connectivity index (χ4n) is 2.46. The van der Waals surface area contributed by atoms with E-state index in [1.54, 1.807) is 6.07 Å². The van der Waals surface area contributed by atoms with E-state index in [1.807, 2.05) is 52.8 Å². The van der Waals surface area contributed by atoms with Crippen LogP contribution in [0.3, 0.4) is 0 Å². The fourth-order valence-corrected chi connectivity index (χ4v) is 2.46. The molecule has 1 amide bonds. The van der Waals surface area contributed by atoms with Crippen molar-refractivity contribution in [2.24, 2.45) is 0 Å². The van der Waals surface area contributed by atoms with Gasteiger partial charge >= 0.3 is 0 Å². The maximum Gasteiger partial charge on any atom is 0.274 e. The molecule has 5 nitrogen and oxygen atoms in total. The molecule has 2 rings (SSSR count). The van der Waals surface area contributed by atoms with E-state index in [0.717, 1.165) is 28.9 Å². The van der Waals surface area contributed by atoms with Crippen LogP contribution in [0.25, 0.3) is 0 Å². The van der Waals surface area contributed by atoms with Gasteiger partial charge in [0.25, 0.3) is 5.91 Å². The number of carbonyl (C=O) groups excluding carboxylic acids is 1. The highest BCUT2D eigenvalue weighted by molar-refractivity contribution is 6.04. The summed E-state index contributed by atoms with van der Waals surface area (Å²) in [4.78, 5) is 21.4. The SMILES string of the molecule is CCc1cccc(C)c1NC(=O)c1cc(C)nc(NC(C)(C)C)n1. The molecule has 128 valence electrons. The molecule has 0 aliphatic carbocycles. The second-order valence-corrected chi connectivity index (χ2v) is 7.01. The lowest BCUT2D eigenvalue weighted by atomic mass is 10.1. The van der Waals surface area contributed by atoms with Crippen LogP contribution >= 0.6 is 0 Å². The van der Waals surface area contributed by atoms with E-state index in [1.165, 1.54) is 0 Å². The molecular formula is C19H26N4O. The lowest BCUT2D eigenvalue weighted by molar-refractivity contribution is 0.102. The van der Waals surface area contributed by atoms with Gasteiger partial charge in [-0.3, -0.25) is 4.79 Å². The first-order chi connectivity index (χ1) is 11.2. The first kappa shape index (κ1) is 17.9. The quantitative estimate of drug-likeness (QED) is 0.887. The minimum Gasteiger partial charge on any atom is -0.350 e. The van der Waals surface area contributed by atoms with Gasteiger partial charge in [0.05, 0.1) is 0 Å². The van der Waals surface area contributed by atoms with E-state index >= 15 is 0 Å². The van der Waals surface area contributed by atoms with Crippen LogP contribution in [-0.2, 0) is 6.42 Å². The van der Waals surface area contributed by atoms with Gasteiger partial charge in [-0.1, -0.05) is 25.1 Å². The van der Waals surface area contributed by atoms with E-state index in [4.69, 9.17) is 0 Å². The maximum atomic E-state index is 12.7. The molecule has 2 N–H and O–H groups in total. The van der Waals surface area contributed by atoms with Crippen LogP contribution in [0, 0.1) is 13.8 Å². The van der Waals surface area contributed by atoms with Crippen molar-refractivity contribution in [2.75, 3.05) is 10.6 Å². The van der Waals surface area contributed by atoms with E-state index in [9.17, 15) is 4.79 Å². The molecule has 0 saturated heterocycles. The third-order valence-corrected chi connectivity index (χ3v) is 3.55. The summed E-state index contributed by atoms with van der Waals surface area (Å²) in [5, 5.41) is 6.22. The van der Waals surface area contributed by atoms with Crippen LogP contribution in [0.5, 0.6) is 0 Å². The van der Waals surface area contributed by atoms with Crippen molar-refractivity contribution in [3.8, 4) is 0 Å². The normalized spacial score (nSPS) is 11.2. The van der Waals surface area contributed by atoms with Crippen LogP contribution in [0.4, 0.5) is 11.6 Å². The summed E-state index contributed by atoms with van der Waals surface area (Å²) in [6.45, 7) is 12.0. The van der Waals surface area contributed by atoms with Crippen molar-refractivity contribution in [3.05, 3.63) is 46.8 Å². The number of aromatic nitrogens is 2. The predicted octanol–water partition coefficient (Wildman–Crippen LogP) is 4.12. The Hall–Kier alpha value is -2.43. The Morgan fingerprint density at radius 3 is 2.50 bits per heavy atom. The molecule has 1 heterocycles. The summed E-state index contributed by atoms with van der Waals surface area (Å²) in [6, 6.07) is 7.73. The molecule has 0 spiro atoms. The Balaban J connectivity index is 2.31. The number of hydrogen-bond donors (Lipinski definition) is 2. The molecule has 0 saturated carbocycles. The molecule has 0 unspecified atom stereocenters. The number of rotatable bonds is 4. The highest BCUT2D eigenvalue weighted by Crippen LogP contribution is 2.22. The molecule has 24 heavy (non-hydrogen) atoms. The van der Waals surface area contributed by atoms with Crippen molar-refractivity contribution >= 4 is 17.5 Å². The Kier molecular flexibility index (Phi) is 5.22. The van der Waals surface area contributed by atoms with Crippen molar-refractivity contribution < 1.29 is 4.79 Å².